The largest absolute Gasteiger partial charge is 0.372 e. The summed E-state index contributed by atoms with van der Waals surface area (Å²) in [6, 6.07) is 6.27. The maximum absolute atomic E-state index is 12.4. The Labute approximate surface area is 127 Å². The average Bonchev–Trinajstić information content (AvgIpc) is 3.13. The zero-order valence-corrected chi connectivity index (χ0v) is 13.5. The number of unbranched alkanes of at least 4 members (excludes halogenated alkanes) is 1. The van der Waals surface area contributed by atoms with Crippen LogP contribution in [-0.4, -0.2) is 33.8 Å². The second kappa shape index (κ2) is 5.87. The van der Waals surface area contributed by atoms with E-state index in [0.717, 1.165) is 38.0 Å². The van der Waals surface area contributed by atoms with Crippen LogP contribution in [0.25, 0.3) is 0 Å². The van der Waals surface area contributed by atoms with Gasteiger partial charge in [0.2, 0.25) is 10.0 Å². The second-order valence-electron chi connectivity index (χ2n) is 6.00. The Kier molecular flexibility index (Phi) is 4.11. The summed E-state index contributed by atoms with van der Waals surface area (Å²) in [5.74, 6) is 0.261. The number of hydrogen-bond acceptors (Lipinski definition) is 3. The first-order valence-electron chi connectivity index (χ1n) is 8.00. The molecular weight excluding hydrogens is 284 g/mol. The Hall–Kier alpha value is -1.23. The molecule has 0 radical (unpaired) electrons. The highest BCUT2D eigenvalue weighted by Crippen LogP contribution is 2.34. The van der Waals surface area contributed by atoms with Crippen LogP contribution >= 0.6 is 0 Å². The van der Waals surface area contributed by atoms with Crippen molar-refractivity contribution in [2.45, 2.75) is 39.0 Å². The molecule has 0 bridgehead atoms. The Morgan fingerprint density at radius 2 is 1.90 bits per heavy atom. The van der Waals surface area contributed by atoms with Gasteiger partial charge in [0.05, 0.1) is 11.4 Å². The van der Waals surface area contributed by atoms with Gasteiger partial charge in [-0.3, -0.25) is 4.31 Å². The van der Waals surface area contributed by atoms with E-state index in [1.165, 1.54) is 24.1 Å². The quantitative estimate of drug-likeness (QED) is 0.840. The average molecular weight is 308 g/mol. The maximum Gasteiger partial charge on any atom is 0.235 e. The molecule has 5 heteroatoms. The summed E-state index contributed by atoms with van der Waals surface area (Å²) in [5.41, 5.74) is 3.33. The molecule has 0 unspecified atom stereocenters. The molecule has 116 valence electrons. The fraction of sp³-hybridized carbons (Fsp3) is 0.625. The standard InChI is InChI=1S/C16H24N2O2S/c1-2-3-12-21(19,20)18-11-8-14-13-15(6-7-16(14)18)17-9-4-5-10-17/h6-7,13H,2-5,8-12H2,1H3. The van der Waals surface area contributed by atoms with Crippen LogP contribution in [-0.2, 0) is 16.4 Å². The number of hydrogen-bond donors (Lipinski definition) is 0. The Morgan fingerprint density at radius 1 is 1.14 bits per heavy atom. The van der Waals surface area contributed by atoms with Crippen LogP contribution in [0.2, 0.25) is 0 Å². The minimum absolute atomic E-state index is 0.261. The van der Waals surface area contributed by atoms with E-state index in [1.807, 2.05) is 13.0 Å². The van der Waals surface area contributed by atoms with Crippen molar-refractivity contribution < 1.29 is 8.42 Å². The molecule has 1 aromatic rings. The van der Waals surface area contributed by atoms with E-state index in [-0.39, 0.29) is 5.75 Å². The van der Waals surface area contributed by atoms with Gasteiger partial charge in [0.15, 0.2) is 0 Å². The number of anilines is 2. The number of rotatable bonds is 5. The molecule has 1 fully saturated rings. The van der Waals surface area contributed by atoms with E-state index in [4.69, 9.17) is 0 Å². The van der Waals surface area contributed by atoms with E-state index in [9.17, 15) is 8.42 Å². The zero-order chi connectivity index (χ0) is 14.9. The predicted octanol–water partition coefficient (Wildman–Crippen LogP) is 2.78. The molecule has 2 heterocycles. The molecule has 1 aromatic carbocycles. The van der Waals surface area contributed by atoms with Crippen LogP contribution in [0.1, 0.15) is 38.2 Å². The van der Waals surface area contributed by atoms with Crippen molar-refractivity contribution in [2.75, 3.05) is 34.6 Å². The van der Waals surface area contributed by atoms with Crippen molar-refractivity contribution in [1.29, 1.82) is 0 Å². The minimum atomic E-state index is -3.15. The topological polar surface area (TPSA) is 40.6 Å². The lowest BCUT2D eigenvalue weighted by atomic mass is 10.1. The first-order valence-corrected chi connectivity index (χ1v) is 9.61. The lowest BCUT2D eigenvalue weighted by molar-refractivity contribution is 0.589. The van der Waals surface area contributed by atoms with Gasteiger partial charge in [-0.1, -0.05) is 13.3 Å². The van der Waals surface area contributed by atoms with Gasteiger partial charge < -0.3 is 4.90 Å². The Bertz CT molecular complexity index is 607. The lowest BCUT2D eigenvalue weighted by Gasteiger charge is -2.21. The number of sulfonamides is 1. The van der Waals surface area contributed by atoms with Crippen LogP contribution in [0, 0.1) is 0 Å². The molecule has 2 aliphatic heterocycles. The zero-order valence-electron chi connectivity index (χ0n) is 12.7. The van der Waals surface area contributed by atoms with Gasteiger partial charge in [-0.05, 0) is 49.4 Å². The Balaban J connectivity index is 1.83. The van der Waals surface area contributed by atoms with Crippen LogP contribution in [0.5, 0.6) is 0 Å². The first-order chi connectivity index (χ1) is 10.1. The molecule has 0 atom stereocenters. The fourth-order valence-corrected chi connectivity index (χ4v) is 4.98. The van der Waals surface area contributed by atoms with Crippen LogP contribution in [0.15, 0.2) is 18.2 Å². The molecule has 21 heavy (non-hydrogen) atoms. The molecule has 2 aliphatic rings. The summed E-state index contributed by atoms with van der Waals surface area (Å²) in [4.78, 5) is 2.40. The molecule has 0 N–H and O–H groups in total. The highest BCUT2D eigenvalue weighted by molar-refractivity contribution is 7.92. The lowest BCUT2D eigenvalue weighted by Crippen LogP contribution is -2.31. The van der Waals surface area contributed by atoms with E-state index in [0.29, 0.717) is 6.54 Å². The van der Waals surface area contributed by atoms with Crippen molar-refractivity contribution in [3.8, 4) is 0 Å². The van der Waals surface area contributed by atoms with Gasteiger partial charge in [0.1, 0.15) is 0 Å². The predicted molar refractivity (Wildman–Crippen MR) is 87.6 cm³/mol. The molecule has 0 aromatic heterocycles. The fourth-order valence-electron chi connectivity index (χ4n) is 3.26. The van der Waals surface area contributed by atoms with Gasteiger partial charge in [-0.2, -0.15) is 0 Å². The second-order valence-corrected chi connectivity index (χ2v) is 8.01. The highest BCUT2D eigenvalue weighted by Gasteiger charge is 2.29. The van der Waals surface area contributed by atoms with E-state index in [2.05, 4.69) is 17.0 Å². The van der Waals surface area contributed by atoms with Crippen molar-refractivity contribution in [3.63, 3.8) is 0 Å². The minimum Gasteiger partial charge on any atom is -0.372 e. The maximum atomic E-state index is 12.4. The van der Waals surface area contributed by atoms with Crippen LogP contribution in [0.3, 0.4) is 0 Å². The molecule has 0 spiro atoms. The number of fused-ring (bicyclic) bond motifs is 1. The smallest absolute Gasteiger partial charge is 0.235 e. The normalized spacial score (nSPS) is 18.3. The number of benzene rings is 1. The van der Waals surface area contributed by atoms with Crippen molar-refractivity contribution >= 4 is 21.4 Å². The molecule has 0 saturated carbocycles. The summed E-state index contributed by atoms with van der Waals surface area (Å²) in [6.07, 6.45) is 5.00. The third kappa shape index (κ3) is 2.89. The van der Waals surface area contributed by atoms with Gasteiger partial charge in [0.25, 0.3) is 0 Å². The van der Waals surface area contributed by atoms with E-state index < -0.39 is 10.0 Å². The molecule has 3 rings (SSSR count). The molecule has 0 aliphatic carbocycles. The van der Waals surface area contributed by atoms with Crippen LogP contribution in [0.4, 0.5) is 11.4 Å². The molecule has 1 saturated heterocycles. The van der Waals surface area contributed by atoms with Gasteiger partial charge in [-0.15, -0.1) is 0 Å². The first kappa shape index (κ1) is 14.7. The van der Waals surface area contributed by atoms with Crippen molar-refractivity contribution in [1.82, 2.24) is 0 Å². The van der Waals surface area contributed by atoms with Crippen LogP contribution < -0.4 is 9.21 Å². The monoisotopic (exact) mass is 308 g/mol. The summed E-state index contributed by atoms with van der Waals surface area (Å²) in [7, 11) is -3.15. The van der Waals surface area contributed by atoms with E-state index >= 15 is 0 Å². The third-order valence-electron chi connectivity index (χ3n) is 4.48. The van der Waals surface area contributed by atoms with Gasteiger partial charge in [-0.25, -0.2) is 8.42 Å². The summed E-state index contributed by atoms with van der Waals surface area (Å²) in [5, 5.41) is 0. The van der Waals surface area contributed by atoms with Crippen molar-refractivity contribution in [3.05, 3.63) is 23.8 Å². The molecule has 0 amide bonds. The van der Waals surface area contributed by atoms with Gasteiger partial charge >= 0.3 is 0 Å². The Morgan fingerprint density at radius 3 is 2.62 bits per heavy atom. The summed E-state index contributed by atoms with van der Waals surface area (Å²) in [6.45, 7) is 4.87. The molecule has 4 nitrogen and oxygen atoms in total. The van der Waals surface area contributed by atoms with E-state index in [1.54, 1.807) is 4.31 Å². The summed E-state index contributed by atoms with van der Waals surface area (Å²) < 4.78 is 26.4. The number of nitrogens with zero attached hydrogens (tertiary/aromatic N) is 2. The van der Waals surface area contributed by atoms with Crippen molar-refractivity contribution in [2.24, 2.45) is 0 Å². The third-order valence-corrected chi connectivity index (χ3v) is 6.33. The summed E-state index contributed by atoms with van der Waals surface area (Å²) >= 11 is 0. The van der Waals surface area contributed by atoms with Gasteiger partial charge in [0, 0.05) is 25.3 Å². The SMILES string of the molecule is CCCCS(=O)(=O)N1CCc2cc(N3CCCC3)ccc21. The molecular formula is C16H24N2O2S. The highest BCUT2D eigenvalue weighted by atomic mass is 32.2.